The van der Waals surface area contributed by atoms with Gasteiger partial charge < -0.3 is 9.84 Å². The van der Waals surface area contributed by atoms with Crippen LogP contribution in [-0.2, 0) is 16.1 Å². The zero-order valence-electron chi connectivity index (χ0n) is 9.27. The third kappa shape index (κ3) is 7.70. The normalized spacial score (nSPS) is 8.93. The summed E-state index contributed by atoms with van der Waals surface area (Å²) in [6, 6.07) is 9.67. The standard InChI is InChI=1S/C10H12O3.C2H6/c11-10(12)6-7-13-8-9-4-2-1-3-5-9;1-2/h1-5H,6-8H2,(H,11,12);1-2H3. The molecule has 0 radical (unpaired) electrons. The molecule has 0 saturated heterocycles. The molecule has 0 unspecified atom stereocenters. The maximum Gasteiger partial charge on any atom is 0.305 e. The second-order valence-corrected chi connectivity index (χ2v) is 2.68. The molecule has 0 amide bonds. The number of carboxylic acid groups (broad SMARTS) is 1. The molecule has 3 nitrogen and oxygen atoms in total. The van der Waals surface area contributed by atoms with Crippen LogP contribution in [0.2, 0.25) is 0 Å². The average molecular weight is 210 g/mol. The summed E-state index contributed by atoms with van der Waals surface area (Å²) >= 11 is 0. The van der Waals surface area contributed by atoms with Crippen LogP contribution in [0.3, 0.4) is 0 Å². The van der Waals surface area contributed by atoms with E-state index in [1.807, 2.05) is 44.2 Å². The van der Waals surface area contributed by atoms with E-state index in [2.05, 4.69) is 0 Å². The first-order valence-corrected chi connectivity index (χ1v) is 5.12. The largest absolute Gasteiger partial charge is 0.481 e. The van der Waals surface area contributed by atoms with Gasteiger partial charge in [0.15, 0.2) is 0 Å². The van der Waals surface area contributed by atoms with Crippen LogP contribution in [0, 0.1) is 0 Å². The number of benzene rings is 1. The number of rotatable bonds is 5. The van der Waals surface area contributed by atoms with Crippen LogP contribution >= 0.6 is 0 Å². The third-order valence-corrected chi connectivity index (χ3v) is 1.57. The van der Waals surface area contributed by atoms with Gasteiger partial charge in [-0.05, 0) is 5.56 Å². The average Bonchev–Trinajstić information content (AvgIpc) is 2.28. The van der Waals surface area contributed by atoms with Gasteiger partial charge in [-0.2, -0.15) is 0 Å². The van der Waals surface area contributed by atoms with Gasteiger partial charge in [-0.3, -0.25) is 4.79 Å². The van der Waals surface area contributed by atoms with Crippen LogP contribution in [0.1, 0.15) is 25.8 Å². The number of hydrogen-bond donors (Lipinski definition) is 1. The van der Waals surface area contributed by atoms with E-state index < -0.39 is 5.97 Å². The first kappa shape index (κ1) is 13.7. The molecule has 0 heterocycles. The lowest BCUT2D eigenvalue weighted by atomic mass is 10.2. The van der Waals surface area contributed by atoms with Gasteiger partial charge in [0.05, 0.1) is 19.6 Å². The van der Waals surface area contributed by atoms with Gasteiger partial charge in [0.1, 0.15) is 0 Å². The Balaban J connectivity index is 0.000000921. The zero-order chi connectivity index (χ0) is 11.5. The van der Waals surface area contributed by atoms with Gasteiger partial charge in [0.25, 0.3) is 0 Å². The number of aliphatic carboxylic acids is 1. The molecule has 1 aromatic carbocycles. The number of carbonyl (C=O) groups is 1. The van der Waals surface area contributed by atoms with Crippen molar-refractivity contribution in [2.45, 2.75) is 26.9 Å². The van der Waals surface area contributed by atoms with E-state index in [0.717, 1.165) is 5.56 Å². The van der Waals surface area contributed by atoms with Crippen molar-refractivity contribution in [2.24, 2.45) is 0 Å². The highest BCUT2D eigenvalue weighted by Gasteiger charge is 1.96. The lowest BCUT2D eigenvalue weighted by Gasteiger charge is -2.01. The molecule has 1 N–H and O–H groups in total. The summed E-state index contributed by atoms with van der Waals surface area (Å²) in [6.07, 6.45) is 0.0623. The fourth-order valence-corrected chi connectivity index (χ4v) is 0.924. The van der Waals surface area contributed by atoms with Gasteiger partial charge in [0.2, 0.25) is 0 Å². The van der Waals surface area contributed by atoms with E-state index >= 15 is 0 Å². The van der Waals surface area contributed by atoms with E-state index in [-0.39, 0.29) is 13.0 Å². The van der Waals surface area contributed by atoms with Crippen molar-refractivity contribution in [3.63, 3.8) is 0 Å². The Hall–Kier alpha value is -1.35. The summed E-state index contributed by atoms with van der Waals surface area (Å²) in [7, 11) is 0. The minimum atomic E-state index is -0.826. The Kier molecular flexibility index (Phi) is 8.39. The van der Waals surface area contributed by atoms with Crippen molar-refractivity contribution in [2.75, 3.05) is 6.61 Å². The highest BCUT2D eigenvalue weighted by molar-refractivity contribution is 5.66. The van der Waals surface area contributed by atoms with Crippen molar-refractivity contribution in [1.29, 1.82) is 0 Å². The summed E-state index contributed by atoms with van der Waals surface area (Å²) in [6.45, 7) is 4.75. The summed E-state index contributed by atoms with van der Waals surface area (Å²) < 4.78 is 5.15. The molecule has 0 aliphatic rings. The lowest BCUT2D eigenvalue weighted by molar-refractivity contribution is -0.138. The van der Waals surface area contributed by atoms with Crippen molar-refractivity contribution >= 4 is 5.97 Å². The maximum absolute atomic E-state index is 10.1. The van der Waals surface area contributed by atoms with Gasteiger partial charge in [0, 0.05) is 0 Å². The highest BCUT2D eigenvalue weighted by Crippen LogP contribution is 2.00. The molecule has 0 spiro atoms. The highest BCUT2D eigenvalue weighted by atomic mass is 16.5. The Labute approximate surface area is 90.7 Å². The molecule has 3 heteroatoms. The van der Waals surface area contributed by atoms with Gasteiger partial charge in [-0.25, -0.2) is 0 Å². The quantitative estimate of drug-likeness (QED) is 0.760. The van der Waals surface area contributed by atoms with E-state index in [1.54, 1.807) is 0 Å². The SMILES string of the molecule is CC.O=C(O)CCOCc1ccccc1. The van der Waals surface area contributed by atoms with E-state index in [1.165, 1.54) is 0 Å². The minimum Gasteiger partial charge on any atom is -0.481 e. The zero-order valence-corrected chi connectivity index (χ0v) is 9.27. The molecular weight excluding hydrogens is 192 g/mol. The molecule has 84 valence electrons. The second kappa shape index (κ2) is 9.21. The summed E-state index contributed by atoms with van der Waals surface area (Å²) in [5.74, 6) is -0.826. The third-order valence-electron chi connectivity index (χ3n) is 1.57. The Morgan fingerprint density at radius 1 is 1.27 bits per heavy atom. The predicted molar refractivity (Wildman–Crippen MR) is 59.7 cm³/mol. The lowest BCUT2D eigenvalue weighted by Crippen LogP contribution is -2.02. The molecule has 1 rings (SSSR count). The summed E-state index contributed by atoms with van der Waals surface area (Å²) in [4.78, 5) is 10.1. The Morgan fingerprint density at radius 3 is 2.40 bits per heavy atom. The summed E-state index contributed by atoms with van der Waals surface area (Å²) in [5.41, 5.74) is 1.06. The van der Waals surface area contributed by atoms with Crippen molar-refractivity contribution in [3.8, 4) is 0 Å². The number of carboxylic acids is 1. The van der Waals surface area contributed by atoms with E-state index in [9.17, 15) is 4.79 Å². The van der Waals surface area contributed by atoms with Crippen molar-refractivity contribution in [3.05, 3.63) is 35.9 Å². The van der Waals surface area contributed by atoms with Crippen LogP contribution in [-0.4, -0.2) is 17.7 Å². The van der Waals surface area contributed by atoms with Gasteiger partial charge >= 0.3 is 5.97 Å². The monoisotopic (exact) mass is 210 g/mol. The second-order valence-electron chi connectivity index (χ2n) is 2.68. The number of ether oxygens (including phenoxy) is 1. The van der Waals surface area contributed by atoms with Crippen LogP contribution < -0.4 is 0 Å². The maximum atomic E-state index is 10.1. The smallest absolute Gasteiger partial charge is 0.305 e. The van der Waals surface area contributed by atoms with Crippen molar-refractivity contribution in [1.82, 2.24) is 0 Å². The topological polar surface area (TPSA) is 46.5 Å². The molecular formula is C12H18O3. The molecule has 0 fully saturated rings. The first-order chi connectivity index (χ1) is 7.29. The minimum absolute atomic E-state index is 0.0623. The van der Waals surface area contributed by atoms with E-state index in [0.29, 0.717) is 6.61 Å². The molecule has 15 heavy (non-hydrogen) atoms. The van der Waals surface area contributed by atoms with E-state index in [4.69, 9.17) is 9.84 Å². The summed E-state index contributed by atoms with van der Waals surface area (Å²) in [5, 5.41) is 8.33. The van der Waals surface area contributed by atoms with Crippen LogP contribution in [0.25, 0.3) is 0 Å². The molecule has 0 aliphatic carbocycles. The molecule has 0 aliphatic heterocycles. The predicted octanol–water partition coefficient (Wildman–Crippen LogP) is 2.70. The molecule has 0 saturated carbocycles. The fraction of sp³-hybridized carbons (Fsp3) is 0.417. The van der Waals surface area contributed by atoms with Gasteiger partial charge in [-0.15, -0.1) is 0 Å². The fourth-order valence-electron chi connectivity index (χ4n) is 0.924. The molecule has 0 bridgehead atoms. The Morgan fingerprint density at radius 2 is 1.87 bits per heavy atom. The van der Waals surface area contributed by atoms with Crippen molar-refractivity contribution < 1.29 is 14.6 Å². The number of hydrogen-bond acceptors (Lipinski definition) is 2. The van der Waals surface area contributed by atoms with Gasteiger partial charge in [-0.1, -0.05) is 44.2 Å². The van der Waals surface area contributed by atoms with Crippen LogP contribution in [0.5, 0.6) is 0 Å². The van der Waals surface area contributed by atoms with Crippen LogP contribution in [0.4, 0.5) is 0 Å². The first-order valence-electron chi connectivity index (χ1n) is 5.12. The molecule has 1 aromatic rings. The molecule has 0 atom stereocenters. The Bertz CT molecular complexity index is 257. The van der Waals surface area contributed by atoms with Crippen LogP contribution in [0.15, 0.2) is 30.3 Å². The molecule has 0 aromatic heterocycles.